The normalized spacial score (nSPS) is 10.9. The highest BCUT2D eigenvalue weighted by Gasteiger charge is 2.25. The summed E-state index contributed by atoms with van der Waals surface area (Å²) in [7, 11) is 0. The Kier molecular flexibility index (Phi) is 4.59. The average molecular weight is 262 g/mol. The summed E-state index contributed by atoms with van der Waals surface area (Å²) < 4.78 is 4.93. The number of ether oxygens (including phenoxy) is 1. The summed E-state index contributed by atoms with van der Waals surface area (Å²) in [5, 5.41) is 0. The lowest BCUT2D eigenvalue weighted by atomic mass is 10.0. The molecule has 0 heterocycles. The molecule has 0 aromatic heterocycles. The van der Waals surface area contributed by atoms with Gasteiger partial charge in [0.2, 0.25) is 5.78 Å². The van der Waals surface area contributed by atoms with Crippen LogP contribution in [0.3, 0.4) is 0 Å². The lowest BCUT2D eigenvalue weighted by molar-refractivity contribution is -0.162. The van der Waals surface area contributed by atoms with Crippen LogP contribution in [0.25, 0.3) is 0 Å². The van der Waals surface area contributed by atoms with Crippen LogP contribution in [0.4, 0.5) is 0 Å². The van der Waals surface area contributed by atoms with E-state index in [-0.39, 0.29) is 5.78 Å². The van der Waals surface area contributed by atoms with Gasteiger partial charge in [-0.05, 0) is 33.3 Å². The predicted molar refractivity (Wildman–Crippen MR) is 71.0 cm³/mol. The lowest BCUT2D eigenvalue weighted by Gasteiger charge is -2.18. The number of rotatable bonds is 4. The van der Waals surface area contributed by atoms with Crippen molar-refractivity contribution in [2.45, 2.75) is 39.7 Å². The summed E-state index contributed by atoms with van der Waals surface area (Å²) in [5.74, 6) is -2.15. The van der Waals surface area contributed by atoms with Gasteiger partial charge in [-0.25, -0.2) is 4.79 Å². The van der Waals surface area contributed by atoms with Gasteiger partial charge >= 0.3 is 5.97 Å². The fraction of sp³-hybridized carbons (Fsp3) is 0.400. The number of hydrogen-bond donors (Lipinski definition) is 0. The zero-order valence-corrected chi connectivity index (χ0v) is 11.6. The van der Waals surface area contributed by atoms with Gasteiger partial charge in [-0.15, -0.1) is 0 Å². The molecule has 0 bridgehead atoms. The first-order valence-corrected chi connectivity index (χ1v) is 6.06. The molecule has 0 atom stereocenters. The number of Topliss-reactive ketones (excluding diaryl/α,β-unsaturated/α-hetero) is 2. The van der Waals surface area contributed by atoms with E-state index in [1.54, 1.807) is 45.9 Å². The second kappa shape index (κ2) is 5.78. The molecule has 0 aliphatic carbocycles. The fourth-order valence-electron chi connectivity index (χ4n) is 1.53. The molecule has 102 valence electrons. The Morgan fingerprint density at radius 3 is 2.21 bits per heavy atom. The predicted octanol–water partition coefficient (Wildman–Crippen LogP) is 2.48. The van der Waals surface area contributed by atoms with Gasteiger partial charge in [-0.2, -0.15) is 0 Å². The van der Waals surface area contributed by atoms with Crippen molar-refractivity contribution in [3.63, 3.8) is 0 Å². The van der Waals surface area contributed by atoms with E-state index in [9.17, 15) is 14.4 Å². The van der Waals surface area contributed by atoms with Crippen LogP contribution in [0.15, 0.2) is 24.3 Å². The fourth-order valence-corrected chi connectivity index (χ4v) is 1.53. The lowest BCUT2D eigenvalue weighted by Crippen LogP contribution is -2.30. The van der Waals surface area contributed by atoms with Crippen molar-refractivity contribution in [3.05, 3.63) is 35.4 Å². The maximum Gasteiger partial charge on any atom is 0.375 e. The van der Waals surface area contributed by atoms with Crippen LogP contribution in [0.5, 0.6) is 0 Å². The van der Waals surface area contributed by atoms with Crippen molar-refractivity contribution in [3.8, 4) is 0 Å². The summed E-state index contributed by atoms with van der Waals surface area (Å²) in [6.07, 6.45) is -0.459. The highest BCUT2D eigenvalue weighted by molar-refractivity contribution is 6.38. The first-order valence-electron chi connectivity index (χ1n) is 6.06. The van der Waals surface area contributed by atoms with E-state index in [0.29, 0.717) is 5.56 Å². The minimum absolute atomic E-state index is 0.367. The maximum atomic E-state index is 11.9. The van der Waals surface area contributed by atoms with Crippen molar-refractivity contribution in [1.29, 1.82) is 0 Å². The number of esters is 1. The van der Waals surface area contributed by atoms with Gasteiger partial charge in [-0.3, -0.25) is 9.59 Å². The van der Waals surface area contributed by atoms with Gasteiger partial charge in [0.15, 0.2) is 5.78 Å². The molecular formula is C15H18O4. The van der Waals surface area contributed by atoms with E-state index < -0.39 is 23.8 Å². The minimum Gasteiger partial charge on any atom is -0.454 e. The number of ketones is 2. The van der Waals surface area contributed by atoms with Gasteiger partial charge in [0.1, 0.15) is 5.60 Å². The molecular weight excluding hydrogens is 244 g/mol. The maximum absolute atomic E-state index is 11.9. The van der Waals surface area contributed by atoms with E-state index >= 15 is 0 Å². The molecule has 0 fully saturated rings. The smallest absolute Gasteiger partial charge is 0.375 e. The van der Waals surface area contributed by atoms with Crippen molar-refractivity contribution in [2.24, 2.45) is 0 Å². The van der Waals surface area contributed by atoms with E-state index in [0.717, 1.165) is 5.56 Å². The molecule has 1 rings (SSSR count). The molecule has 4 heteroatoms. The van der Waals surface area contributed by atoms with Crippen LogP contribution in [0.1, 0.15) is 43.1 Å². The van der Waals surface area contributed by atoms with Crippen LogP contribution in [0, 0.1) is 6.92 Å². The Labute approximate surface area is 112 Å². The van der Waals surface area contributed by atoms with Crippen LogP contribution >= 0.6 is 0 Å². The quantitative estimate of drug-likeness (QED) is 0.362. The van der Waals surface area contributed by atoms with Crippen LogP contribution in [0.2, 0.25) is 0 Å². The number of carbonyl (C=O) groups is 3. The molecule has 0 radical (unpaired) electrons. The number of hydrogen-bond acceptors (Lipinski definition) is 4. The number of benzene rings is 1. The van der Waals surface area contributed by atoms with E-state index in [1.165, 1.54) is 0 Å². The average Bonchev–Trinajstić information content (AvgIpc) is 2.27. The van der Waals surface area contributed by atoms with Crippen LogP contribution in [-0.4, -0.2) is 23.1 Å². The third-order valence-corrected chi connectivity index (χ3v) is 2.39. The molecule has 1 aromatic carbocycles. The standard InChI is InChI=1S/C15H18O4/c1-10-7-5-6-8-11(10)12(16)9-13(17)14(18)19-15(2,3)4/h5-8H,9H2,1-4H3. The first-order chi connectivity index (χ1) is 8.70. The van der Waals surface area contributed by atoms with E-state index in [2.05, 4.69) is 0 Å². The number of aryl methyl sites for hydroxylation is 1. The Balaban J connectivity index is 2.70. The zero-order chi connectivity index (χ0) is 14.6. The Bertz CT molecular complexity index is 509. The van der Waals surface area contributed by atoms with Gasteiger partial charge in [0.05, 0.1) is 6.42 Å². The third-order valence-electron chi connectivity index (χ3n) is 2.39. The molecule has 0 saturated carbocycles. The zero-order valence-electron chi connectivity index (χ0n) is 11.6. The van der Waals surface area contributed by atoms with Crippen molar-refractivity contribution in [1.82, 2.24) is 0 Å². The SMILES string of the molecule is Cc1ccccc1C(=O)CC(=O)C(=O)OC(C)(C)C. The third kappa shape index (κ3) is 4.66. The molecule has 0 spiro atoms. The molecule has 0 aliphatic rings. The minimum atomic E-state index is -0.963. The van der Waals surface area contributed by atoms with Gasteiger partial charge in [0, 0.05) is 5.56 Å². The first kappa shape index (κ1) is 15.1. The van der Waals surface area contributed by atoms with Crippen LogP contribution < -0.4 is 0 Å². The Morgan fingerprint density at radius 1 is 1.11 bits per heavy atom. The van der Waals surface area contributed by atoms with Crippen molar-refractivity contribution < 1.29 is 19.1 Å². The van der Waals surface area contributed by atoms with E-state index in [1.807, 2.05) is 6.07 Å². The molecule has 0 unspecified atom stereocenters. The van der Waals surface area contributed by atoms with E-state index in [4.69, 9.17) is 4.74 Å². The van der Waals surface area contributed by atoms with Crippen LogP contribution in [-0.2, 0) is 14.3 Å². The largest absolute Gasteiger partial charge is 0.454 e. The molecule has 0 N–H and O–H groups in total. The molecule has 4 nitrogen and oxygen atoms in total. The second-order valence-electron chi connectivity index (χ2n) is 5.34. The Hall–Kier alpha value is -1.97. The molecule has 0 saturated heterocycles. The summed E-state index contributed by atoms with van der Waals surface area (Å²) >= 11 is 0. The number of carbonyl (C=O) groups excluding carboxylic acids is 3. The highest BCUT2D eigenvalue weighted by Crippen LogP contribution is 2.12. The van der Waals surface area contributed by atoms with Crippen molar-refractivity contribution >= 4 is 17.5 Å². The Morgan fingerprint density at radius 2 is 1.68 bits per heavy atom. The van der Waals surface area contributed by atoms with Gasteiger partial charge < -0.3 is 4.74 Å². The molecule has 19 heavy (non-hydrogen) atoms. The van der Waals surface area contributed by atoms with Gasteiger partial charge in [0.25, 0.3) is 0 Å². The topological polar surface area (TPSA) is 60.4 Å². The second-order valence-corrected chi connectivity index (χ2v) is 5.34. The summed E-state index contributed by atoms with van der Waals surface area (Å²) in [6, 6.07) is 6.95. The monoisotopic (exact) mass is 262 g/mol. The summed E-state index contributed by atoms with van der Waals surface area (Å²) in [6.45, 7) is 6.79. The summed E-state index contributed by atoms with van der Waals surface area (Å²) in [5.41, 5.74) is 0.502. The molecule has 1 aromatic rings. The van der Waals surface area contributed by atoms with Gasteiger partial charge in [-0.1, -0.05) is 24.3 Å². The summed E-state index contributed by atoms with van der Waals surface area (Å²) in [4.78, 5) is 35.0. The van der Waals surface area contributed by atoms with Crippen molar-refractivity contribution in [2.75, 3.05) is 0 Å². The molecule has 0 aliphatic heterocycles. The molecule has 0 amide bonds. The highest BCUT2D eigenvalue weighted by atomic mass is 16.6.